The van der Waals surface area contributed by atoms with Crippen LogP contribution in [0.15, 0.2) is 42.2 Å². The summed E-state index contributed by atoms with van der Waals surface area (Å²) in [4.78, 5) is 13.5. The highest BCUT2D eigenvalue weighted by molar-refractivity contribution is 7.91. The second kappa shape index (κ2) is 8.45. The van der Waals surface area contributed by atoms with Crippen molar-refractivity contribution in [2.24, 2.45) is 0 Å². The normalized spacial score (nSPS) is 12.5. The zero-order chi connectivity index (χ0) is 23.1. The lowest BCUT2D eigenvalue weighted by Gasteiger charge is -2.09. The molecule has 0 bridgehead atoms. The third kappa shape index (κ3) is 4.24. The van der Waals surface area contributed by atoms with Crippen LogP contribution in [0.2, 0.25) is 5.02 Å². The number of fused-ring (bicyclic) bond motifs is 1. The Kier molecular flexibility index (Phi) is 5.99. The monoisotopic (exact) mass is 500 g/mol. The number of sulfone groups is 1. The van der Waals surface area contributed by atoms with E-state index in [1.165, 1.54) is 29.5 Å². The Morgan fingerprint density at radius 1 is 1.16 bits per heavy atom. The van der Waals surface area contributed by atoms with E-state index in [4.69, 9.17) is 11.6 Å². The second-order valence-corrected chi connectivity index (χ2v) is 10.3. The molecule has 0 unspecified atom stereocenters. The smallest absolute Gasteiger partial charge is 0.315 e. The van der Waals surface area contributed by atoms with Crippen LogP contribution < -0.4 is 0 Å². The van der Waals surface area contributed by atoms with Crippen molar-refractivity contribution in [1.29, 1.82) is 0 Å². The van der Waals surface area contributed by atoms with Crippen LogP contribution >= 0.6 is 22.9 Å². The first kappa shape index (κ1) is 22.7. The second-order valence-electron chi connectivity index (χ2n) is 7.03. The van der Waals surface area contributed by atoms with Crippen LogP contribution in [0.5, 0.6) is 0 Å². The molecule has 4 aromatic rings. The Morgan fingerprint density at radius 3 is 2.62 bits per heavy atom. The van der Waals surface area contributed by atoms with E-state index in [2.05, 4.69) is 21.9 Å². The molecule has 0 atom stereocenters. The van der Waals surface area contributed by atoms with Crippen LogP contribution in [0.4, 0.5) is 13.2 Å². The molecule has 0 amide bonds. The SMILES string of the molecule is CCCn1cnc2c(-c3nc(-c4ccc(CS(=O)(=O)C(F)(F)F)cc4Cl)cs3)ccnc21. The van der Waals surface area contributed by atoms with Crippen LogP contribution in [-0.4, -0.2) is 33.4 Å². The lowest BCUT2D eigenvalue weighted by molar-refractivity contribution is -0.0437. The lowest BCUT2D eigenvalue weighted by Crippen LogP contribution is -2.24. The summed E-state index contributed by atoms with van der Waals surface area (Å²) in [5.74, 6) is -1.17. The highest BCUT2D eigenvalue weighted by Gasteiger charge is 2.45. The predicted octanol–water partition coefficient (Wildman–Crippen LogP) is 5.72. The number of aromatic nitrogens is 4. The number of hydrogen-bond acceptors (Lipinski definition) is 6. The van der Waals surface area contributed by atoms with E-state index in [0.29, 0.717) is 16.3 Å². The minimum absolute atomic E-state index is 0.0520. The van der Waals surface area contributed by atoms with Gasteiger partial charge in [-0.3, -0.25) is 0 Å². The van der Waals surface area contributed by atoms with E-state index in [-0.39, 0.29) is 10.6 Å². The number of aryl methyl sites for hydroxylation is 1. The molecule has 6 nitrogen and oxygen atoms in total. The average Bonchev–Trinajstić information content (AvgIpc) is 3.35. The molecule has 12 heteroatoms. The first-order chi connectivity index (χ1) is 15.1. The highest BCUT2D eigenvalue weighted by Crippen LogP contribution is 2.36. The number of pyridine rings is 1. The summed E-state index contributed by atoms with van der Waals surface area (Å²) in [6.45, 7) is 2.86. The summed E-state index contributed by atoms with van der Waals surface area (Å²) in [6, 6.07) is 5.82. The molecule has 0 saturated carbocycles. The fraction of sp³-hybridized carbons (Fsp3) is 0.250. The van der Waals surface area contributed by atoms with Crippen molar-refractivity contribution in [2.75, 3.05) is 0 Å². The fourth-order valence-electron chi connectivity index (χ4n) is 3.22. The van der Waals surface area contributed by atoms with Gasteiger partial charge in [0.2, 0.25) is 0 Å². The number of benzene rings is 1. The van der Waals surface area contributed by atoms with Gasteiger partial charge in [0, 0.05) is 29.2 Å². The molecule has 0 aliphatic heterocycles. The zero-order valence-electron chi connectivity index (χ0n) is 16.6. The van der Waals surface area contributed by atoms with Gasteiger partial charge in [0.15, 0.2) is 5.65 Å². The molecule has 0 N–H and O–H groups in total. The summed E-state index contributed by atoms with van der Waals surface area (Å²) < 4.78 is 62.7. The van der Waals surface area contributed by atoms with Gasteiger partial charge in [-0.25, -0.2) is 23.4 Å². The molecular weight excluding hydrogens is 485 g/mol. The van der Waals surface area contributed by atoms with Gasteiger partial charge in [-0.15, -0.1) is 11.3 Å². The van der Waals surface area contributed by atoms with Crippen molar-refractivity contribution < 1.29 is 21.6 Å². The number of hydrogen-bond donors (Lipinski definition) is 0. The standard InChI is InChI=1S/C20H16ClF3N4O2S2/c1-2-7-28-11-26-17-14(5-6-25-18(17)28)19-27-16(9-31-19)13-4-3-12(8-15(13)21)10-32(29,30)20(22,23)24/h3-6,8-9,11H,2,7,10H2,1H3. The number of halogens is 4. The fourth-order valence-corrected chi connectivity index (χ4v) is 5.15. The van der Waals surface area contributed by atoms with Gasteiger partial charge < -0.3 is 4.57 Å². The average molecular weight is 501 g/mol. The number of nitrogens with zero attached hydrogens (tertiary/aromatic N) is 4. The molecule has 32 heavy (non-hydrogen) atoms. The first-order valence-corrected chi connectivity index (χ1v) is 12.4. The minimum atomic E-state index is -5.32. The van der Waals surface area contributed by atoms with Crippen molar-refractivity contribution in [2.45, 2.75) is 31.2 Å². The lowest BCUT2D eigenvalue weighted by atomic mass is 10.1. The van der Waals surface area contributed by atoms with Crippen molar-refractivity contribution in [3.05, 3.63) is 52.8 Å². The van der Waals surface area contributed by atoms with Crippen molar-refractivity contribution in [3.8, 4) is 21.8 Å². The van der Waals surface area contributed by atoms with E-state index < -0.39 is 21.1 Å². The van der Waals surface area contributed by atoms with E-state index in [0.717, 1.165) is 29.7 Å². The summed E-state index contributed by atoms with van der Waals surface area (Å²) in [5.41, 5.74) is -2.06. The quantitative estimate of drug-likeness (QED) is 0.338. The molecule has 0 fully saturated rings. The molecular formula is C20H16ClF3N4O2S2. The zero-order valence-corrected chi connectivity index (χ0v) is 19.0. The van der Waals surface area contributed by atoms with E-state index in [9.17, 15) is 21.6 Å². The molecule has 0 aliphatic rings. The van der Waals surface area contributed by atoms with Crippen LogP contribution in [0.25, 0.3) is 33.0 Å². The molecule has 3 heterocycles. The van der Waals surface area contributed by atoms with Crippen molar-refractivity contribution >= 4 is 43.9 Å². The molecule has 0 saturated heterocycles. The summed E-state index contributed by atoms with van der Waals surface area (Å²) >= 11 is 7.63. The van der Waals surface area contributed by atoms with Crippen LogP contribution in [0.1, 0.15) is 18.9 Å². The summed E-state index contributed by atoms with van der Waals surface area (Å²) in [6.07, 6.45) is 4.37. The van der Waals surface area contributed by atoms with Gasteiger partial charge in [-0.05, 0) is 24.1 Å². The largest absolute Gasteiger partial charge is 0.497 e. The van der Waals surface area contributed by atoms with Gasteiger partial charge in [0.1, 0.15) is 10.5 Å². The van der Waals surface area contributed by atoms with Gasteiger partial charge in [-0.1, -0.05) is 30.7 Å². The third-order valence-corrected chi connectivity index (χ3v) is 7.33. The van der Waals surface area contributed by atoms with Crippen LogP contribution in [-0.2, 0) is 22.1 Å². The highest BCUT2D eigenvalue weighted by atomic mass is 35.5. The molecule has 4 rings (SSSR count). The molecule has 0 spiro atoms. The van der Waals surface area contributed by atoms with Crippen LogP contribution in [0, 0.1) is 0 Å². The number of imidazole rings is 1. The topological polar surface area (TPSA) is 77.7 Å². The van der Waals surface area contributed by atoms with Gasteiger partial charge in [-0.2, -0.15) is 13.2 Å². The number of rotatable bonds is 6. The molecule has 168 valence electrons. The Bertz CT molecular complexity index is 1400. The molecule has 1 aromatic carbocycles. The van der Waals surface area contributed by atoms with Gasteiger partial charge in [0.25, 0.3) is 9.84 Å². The first-order valence-electron chi connectivity index (χ1n) is 9.44. The molecule has 0 aliphatic carbocycles. The maximum absolute atomic E-state index is 12.6. The summed E-state index contributed by atoms with van der Waals surface area (Å²) in [5, 5.41) is 2.58. The number of thiazole rings is 1. The molecule has 0 radical (unpaired) electrons. The maximum Gasteiger partial charge on any atom is 0.497 e. The molecule has 3 aromatic heterocycles. The van der Waals surface area contributed by atoms with Crippen molar-refractivity contribution in [3.63, 3.8) is 0 Å². The van der Waals surface area contributed by atoms with Crippen molar-refractivity contribution in [1.82, 2.24) is 19.5 Å². The maximum atomic E-state index is 12.6. The van der Waals surface area contributed by atoms with E-state index >= 15 is 0 Å². The Labute approximate surface area is 190 Å². The number of alkyl halides is 3. The van der Waals surface area contributed by atoms with Gasteiger partial charge in [0.05, 0.1) is 22.8 Å². The predicted molar refractivity (Wildman–Crippen MR) is 118 cm³/mol. The van der Waals surface area contributed by atoms with Gasteiger partial charge >= 0.3 is 5.51 Å². The Morgan fingerprint density at radius 2 is 1.94 bits per heavy atom. The van der Waals surface area contributed by atoms with E-state index in [1.807, 2.05) is 10.6 Å². The third-order valence-electron chi connectivity index (χ3n) is 4.72. The Balaban J connectivity index is 1.66. The van der Waals surface area contributed by atoms with Crippen LogP contribution in [0.3, 0.4) is 0 Å². The summed E-state index contributed by atoms with van der Waals surface area (Å²) in [7, 11) is -5.29. The minimum Gasteiger partial charge on any atom is -0.315 e. The van der Waals surface area contributed by atoms with E-state index in [1.54, 1.807) is 17.9 Å². The Hall–Kier alpha value is -2.50.